The summed E-state index contributed by atoms with van der Waals surface area (Å²) < 4.78 is 13.7. The molecule has 3 aliphatic rings. The molecule has 0 spiro atoms. The van der Waals surface area contributed by atoms with Crippen molar-refractivity contribution in [3.63, 3.8) is 0 Å². The Hall–Kier alpha value is -3.49. The first kappa shape index (κ1) is 25.5. The third-order valence-electron chi connectivity index (χ3n) is 8.54. The highest BCUT2D eigenvalue weighted by atomic mass is 35.5. The molecule has 7 rings (SSSR count). The SMILES string of the molecule is Cn1cc(C(=O)O)c2ccc(N3[C@@H]4CC[C@H]3CC(OC(=O)c3c(-c5c(Cl)cccc5Cl)noc3C3CC3)C4)cc21. The van der Waals surface area contributed by atoms with Crippen molar-refractivity contribution in [1.82, 2.24) is 9.72 Å². The van der Waals surface area contributed by atoms with Gasteiger partial charge in [0.1, 0.15) is 17.4 Å². The Kier molecular flexibility index (Phi) is 6.09. The standard InChI is InChI=1S/C30H27Cl2N3O5/c1-34-14-21(29(36)37)20-10-9-18(13-24(20)34)35-16-7-8-17(35)12-19(11-16)39-30(38)26-27(33-40-28(26)15-5-6-15)25-22(31)3-2-4-23(25)32/h2-4,9-10,13-17,19H,5-8,11-12H2,1H3,(H,36,37)/t16-,17+,19?. The number of carbonyl (C=O) groups is 2. The Morgan fingerprint density at radius 1 is 1.05 bits per heavy atom. The number of halogens is 2. The molecule has 1 saturated carbocycles. The second-order valence-electron chi connectivity index (χ2n) is 11.1. The third-order valence-corrected chi connectivity index (χ3v) is 9.17. The Morgan fingerprint density at radius 2 is 1.75 bits per heavy atom. The zero-order valence-electron chi connectivity index (χ0n) is 21.8. The quantitative estimate of drug-likeness (QED) is 0.244. The second-order valence-corrected chi connectivity index (χ2v) is 11.9. The first-order valence-electron chi connectivity index (χ1n) is 13.6. The average Bonchev–Trinajstić information content (AvgIpc) is 3.50. The molecule has 2 aromatic carbocycles. The van der Waals surface area contributed by atoms with Gasteiger partial charge in [0.2, 0.25) is 0 Å². The van der Waals surface area contributed by atoms with E-state index < -0.39 is 11.9 Å². The van der Waals surface area contributed by atoms with Crippen molar-refractivity contribution in [2.45, 2.75) is 62.6 Å². The van der Waals surface area contributed by atoms with E-state index in [1.165, 1.54) is 0 Å². The molecule has 1 unspecified atom stereocenters. The molecule has 2 aliphatic heterocycles. The van der Waals surface area contributed by atoms with Crippen molar-refractivity contribution in [3.8, 4) is 11.3 Å². The summed E-state index contributed by atoms with van der Waals surface area (Å²) in [4.78, 5) is 27.8. The van der Waals surface area contributed by atoms with E-state index in [0.29, 0.717) is 51.0 Å². The van der Waals surface area contributed by atoms with Crippen LogP contribution in [0.1, 0.15) is 70.9 Å². The van der Waals surface area contributed by atoms with Gasteiger partial charge >= 0.3 is 11.9 Å². The highest BCUT2D eigenvalue weighted by molar-refractivity contribution is 6.39. The third kappa shape index (κ3) is 4.16. The molecule has 2 aromatic heterocycles. The summed E-state index contributed by atoms with van der Waals surface area (Å²) in [7, 11) is 1.86. The van der Waals surface area contributed by atoms with Crippen LogP contribution in [-0.2, 0) is 11.8 Å². The maximum atomic E-state index is 13.7. The van der Waals surface area contributed by atoms with Gasteiger partial charge in [0.15, 0.2) is 5.76 Å². The van der Waals surface area contributed by atoms with Gasteiger partial charge in [-0.25, -0.2) is 9.59 Å². The number of hydrogen-bond acceptors (Lipinski definition) is 6. The fourth-order valence-corrected chi connectivity index (χ4v) is 7.15. The summed E-state index contributed by atoms with van der Waals surface area (Å²) in [5.74, 6) is -0.678. The summed E-state index contributed by atoms with van der Waals surface area (Å²) in [6.07, 6.45) is 6.72. The number of benzene rings is 2. The number of piperidine rings is 1. The van der Waals surface area contributed by atoms with Gasteiger partial charge in [-0.3, -0.25) is 0 Å². The molecule has 2 saturated heterocycles. The average molecular weight is 580 g/mol. The number of anilines is 1. The fraction of sp³-hybridized carbons (Fsp3) is 0.367. The highest BCUT2D eigenvalue weighted by Crippen LogP contribution is 2.47. The summed E-state index contributed by atoms with van der Waals surface area (Å²) in [6.45, 7) is 0. The second kappa shape index (κ2) is 9.56. The molecule has 0 radical (unpaired) electrons. The molecule has 3 atom stereocenters. The van der Waals surface area contributed by atoms with Gasteiger partial charge in [-0.15, -0.1) is 0 Å². The number of nitrogens with zero attached hydrogens (tertiary/aromatic N) is 3. The maximum Gasteiger partial charge on any atom is 0.344 e. The number of aromatic nitrogens is 2. The molecule has 40 heavy (non-hydrogen) atoms. The number of fused-ring (bicyclic) bond motifs is 3. The Bertz CT molecular complexity index is 1640. The van der Waals surface area contributed by atoms with Crippen LogP contribution in [0.15, 0.2) is 47.1 Å². The Labute approximate surface area is 240 Å². The maximum absolute atomic E-state index is 13.7. The summed E-state index contributed by atoms with van der Waals surface area (Å²) >= 11 is 12.9. The zero-order valence-corrected chi connectivity index (χ0v) is 23.3. The number of carboxylic acids is 1. The minimum Gasteiger partial charge on any atom is -0.478 e. The smallest absolute Gasteiger partial charge is 0.344 e. The topological polar surface area (TPSA) is 97.8 Å². The monoisotopic (exact) mass is 579 g/mol. The number of carbonyl (C=O) groups excluding carboxylic acids is 1. The lowest BCUT2D eigenvalue weighted by Gasteiger charge is -2.40. The molecule has 8 nitrogen and oxygen atoms in total. The molecule has 1 aliphatic carbocycles. The van der Waals surface area contributed by atoms with E-state index in [4.69, 9.17) is 32.5 Å². The summed E-state index contributed by atoms with van der Waals surface area (Å²) in [5, 5.41) is 15.3. The lowest BCUT2D eigenvalue weighted by atomic mass is 9.98. The molecular formula is C30H27Cl2N3O5. The van der Waals surface area contributed by atoms with Crippen molar-refractivity contribution in [1.29, 1.82) is 0 Å². The van der Waals surface area contributed by atoms with Crippen LogP contribution in [0.3, 0.4) is 0 Å². The van der Waals surface area contributed by atoms with Gasteiger partial charge in [-0.1, -0.05) is 34.4 Å². The number of hydrogen-bond donors (Lipinski definition) is 1. The molecule has 2 bridgehead atoms. The number of carboxylic acid groups (broad SMARTS) is 1. The van der Waals surface area contributed by atoms with Gasteiger partial charge in [0.05, 0.1) is 21.1 Å². The predicted molar refractivity (Wildman–Crippen MR) is 152 cm³/mol. The minimum absolute atomic E-state index is 0.150. The predicted octanol–water partition coefficient (Wildman–Crippen LogP) is 7.07. The van der Waals surface area contributed by atoms with Crippen LogP contribution in [0, 0.1) is 0 Å². The van der Waals surface area contributed by atoms with Crippen LogP contribution in [0.4, 0.5) is 5.69 Å². The van der Waals surface area contributed by atoms with E-state index in [1.807, 2.05) is 23.7 Å². The van der Waals surface area contributed by atoms with E-state index >= 15 is 0 Å². The summed E-state index contributed by atoms with van der Waals surface area (Å²) in [6, 6.07) is 11.6. The first-order chi connectivity index (χ1) is 19.3. The summed E-state index contributed by atoms with van der Waals surface area (Å²) in [5.41, 5.74) is 3.39. The van der Waals surface area contributed by atoms with Crippen molar-refractivity contribution < 1.29 is 24.0 Å². The van der Waals surface area contributed by atoms with Gasteiger partial charge in [0, 0.05) is 60.7 Å². The molecule has 206 valence electrons. The number of aryl methyl sites for hydroxylation is 1. The fourth-order valence-electron chi connectivity index (χ4n) is 6.58. The van der Waals surface area contributed by atoms with Crippen molar-refractivity contribution >= 4 is 51.7 Å². The molecule has 4 aromatic rings. The van der Waals surface area contributed by atoms with Crippen LogP contribution < -0.4 is 4.90 Å². The molecule has 3 fully saturated rings. The van der Waals surface area contributed by atoms with E-state index in [1.54, 1.807) is 24.4 Å². The molecule has 10 heteroatoms. The highest BCUT2D eigenvalue weighted by Gasteiger charge is 2.44. The van der Waals surface area contributed by atoms with E-state index in [9.17, 15) is 14.7 Å². The zero-order chi connectivity index (χ0) is 27.7. The lowest BCUT2D eigenvalue weighted by Crippen LogP contribution is -2.46. The molecule has 1 N–H and O–H groups in total. The molecule has 4 heterocycles. The number of aromatic carboxylic acids is 1. The van der Waals surface area contributed by atoms with Crippen LogP contribution >= 0.6 is 23.2 Å². The lowest BCUT2D eigenvalue weighted by molar-refractivity contribution is 0.0202. The number of rotatable bonds is 6. The van der Waals surface area contributed by atoms with Crippen LogP contribution in [0.5, 0.6) is 0 Å². The van der Waals surface area contributed by atoms with Gasteiger partial charge in [0.25, 0.3) is 0 Å². The van der Waals surface area contributed by atoms with Crippen LogP contribution in [-0.4, -0.2) is 45.0 Å². The van der Waals surface area contributed by atoms with Crippen LogP contribution in [0.25, 0.3) is 22.2 Å². The minimum atomic E-state index is -0.932. The van der Waals surface area contributed by atoms with Crippen molar-refractivity contribution in [2.24, 2.45) is 7.05 Å². The first-order valence-corrected chi connectivity index (χ1v) is 14.3. The number of esters is 1. The van der Waals surface area contributed by atoms with Gasteiger partial charge < -0.3 is 23.8 Å². The van der Waals surface area contributed by atoms with Crippen molar-refractivity contribution in [3.05, 3.63) is 69.5 Å². The number of ether oxygens (including phenoxy) is 1. The molecular weight excluding hydrogens is 553 g/mol. The largest absolute Gasteiger partial charge is 0.478 e. The molecule has 0 amide bonds. The van der Waals surface area contributed by atoms with E-state index in [0.717, 1.165) is 42.3 Å². The van der Waals surface area contributed by atoms with Crippen LogP contribution in [0.2, 0.25) is 10.0 Å². The van der Waals surface area contributed by atoms with Gasteiger partial charge in [-0.2, -0.15) is 0 Å². The van der Waals surface area contributed by atoms with E-state index in [-0.39, 0.29) is 24.1 Å². The van der Waals surface area contributed by atoms with Crippen molar-refractivity contribution in [2.75, 3.05) is 4.90 Å². The van der Waals surface area contributed by atoms with E-state index in [2.05, 4.69) is 16.1 Å². The Morgan fingerprint density at radius 3 is 2.40 bits per heavy atom. The normalized spacial score (nSPS) is 22.2. The Balaban J connectivity index is 1.14. The van der Waals surface area contributed by atoms with Gasteiger partial charge in [-0.05, 0) is 56.0 Å².